The lowest BCUT2D eigenvalue weighted by molar-refractivity contribution is 0.0950. The van der Waals surface area contributed by atoms with E-state index in [1.165, 1.54) is 12.5 Å². The third-order valence-corrected chi connectivity index (χ3v) is 3.48. The summed E-state index contributed by atoms with van der Waals surface area (Å²) in [5.41, 5.74) is 4.08. The zero-order chi connectivity index (χ0) is 18.4. The maximum absolute atomic E-state index is 12.1. The topological polar surface area (TPSA) is 102 Å². The van der Waals surface area contributed by atoms with Crippen molar-refractivity contribution < 1.29 is 18.7 Å². The standard InChI is InChI=1S/C18H18N4O4/c1-3-25-16-7-6-12(9-17(16)24-2)14-10-15(21-20-14)18(23)22-19-11-13-5-4-8-26-13/h4-11H,3H2,1-2H3,(H,20,21)(H,22,23)/b19-11-. The Labute approximate surface area is 149 Å². The fourth-order valence-corrected chi connectivity index (χ4v) is 2.27. The smallest absolute Gasteiger partial charge is 0.289 e. The minimum atomic E-state index is -0.413. The van der Waals surface area contributed by atoms with Crippen LogP contribution < -0.4 is 14.9 Å². The van der Waals surface area contributed by atoms with Crippen molar-refractivity contribution in [2.75, 3.05) is 13.7 Å². The lowest BCUT2D eigenvalue weighted by atomic mass is 10.1. The molecule has 0 saturated heterocycles. The summed E-state index contributed by atoms with van der Waals surface area (Å²) in [6.45, 7) is 2.45. The van der Waals surface area contributed by atoms with Gasteiger partial charge in [0.2, 0.25) is 0 Å². The molecule has 0 fully saturated rings. The molecule has 2 aromatic heterocycles. The van der Waals surface area contributed by atoms with Gasteiger partial charge in [-0.25, -0.2) is 5.43 Å². The number of carbonyl (C=O) groups excluding carboxylic acids is 1. The van der Waals surface area contributed by atoms with Crippen molar-refractivity contribution in [1.29, 1.82) is 0 Å². The van der Waals surface area contributed by atoms with Crippen LogP contribution in [0, 0.1) is 0 Å². The normalized spacial score (nSPS) is 10.8. The van der Waals surface area contributed by atoms with Gasteiger partial charge >= 0.3 is 0 Å². The number of hydrazone groups is 1. The molecule has 134 valence electrons. The highest BCUT2D eigenvalue weighted by molar-refractivity contribution is 5.94. The molecule has 0 aliphatic carbocycles. The van der Waals surface area contributed by atoms with Crippen molar-refractivity contribution in [3.63, 3.8) is 0 Å². The Morgan fingerprint density at radius 1 is 1.35 bits per heavy atom. The molecule has 0 unspecified atom stereocenters. The molecule has 0 saturated carbocycles. The molecule has 26 heavy (non-hydrogen) atoms. The van der Waals surface area contributed by atoms with Gasteiger partial charge in [0.15, 0.2) is 11.5 Å². The number of nitrogens with zero attached hydrogens (tertiary/aromatic N) is 2. The van der Waals surface area contributed by atoms with E-state index in [9.17, 15) is 4.79 Å². The SMILES string of the molecule is CCOc1ccc(-c2cc(C(=O)N/N=C\c3ccco3)[nH]n2)cc1OC. The van der Waals surface area contributed by atoms with Crippen LogP contribution in [0.1, 0.15) is 23.2 Å². The summed E-state index contributed by atoms with van der Waals surface area (Å²) >= 11 is 0. The molecule has 0 aliphatic rings. The average molecular weight is 354 g/mol. The van der Waals surface area contributed by atoms with Gasteiger partial charge in [0.05, 0.1) is 31.9 Å². The highest BCUT2D eigenvalue weighted by Gasteiger charge is 2.13. The van der Waals surface area contributed by atoms with Gasteiger partial charge in [-0.15, -0.1) is 0 Å². The second kappa shape index (κ2) is 8.02. The molecule has 1 aromatic carbocycles. The van der Waals surface area contributed by atoms with Gasteiger partial charge < -0.3 is 13.9 Å². The van der Waals surface area contributed by atoms with Gasteiger partial charge in [0.25, 0.3) is 5.91 Å². The molecule has 0 bridgehead atoms. The van der Waals surface area contributed by atoms with Gasteiger partial charge in [-0.1, -0.05) is 0 Å². The molecule has 0 aliphatic heterocycles. The highest BCUT2D eigenvalue weighted by Crippen LogP contribution is 2.32. The summed E-state index contributed by atoms with van der Waals surface area (Å²) in [7, 11) is 1.57. The monoisotopic (exact) mass is 354 g/mol. The Morgan fingerprint density at radius 2 is 2.23 bits per heavy atom. The van der Waals surface area contributed by atoms with E-state index in [4.69, 9.17) is 13.9 Å². The summed E-state index contributed by atoms with van der Waals surface area (Å²) in [4.78, 5) is 12.1. The molecular formula is C18H18N4O4. The fourth-order valence-electron chi connectivity index (χ4n) is 2.27. The number of methoxy groups -OCH3 is 1. The van der Waals surface area contributed by atoms with Gasteiger partial charge in [0.1, 0.15) is 11.5 Å². The number of aromatic nitrogens is 2. The van der Waals surface area contributed by atoms with Gasteiger partial charge in [0, 0.05) is 5.56 Å². The molecule has 2 heterocycles. The van der Waals surface area contributed by atoms with Crippen molar-refractivity contribution >= 4 is 12.1 Å². The Kier molecular flexibility index (Phi) is 5.33. The number of rotatable bonds is 7. The number of carbonyl (C=O) groups is 1. The zero-order valence-electron chi connectivity index (χ0n) is 14.4. The molecule has 3 rings (SSSR count). The molecule has 1 amide bonds. The van der Waals surface area contributed by atoms with Crippen molar-refractivity contribution in [2.45, 2.75) is 6.92 Å². The summed E-state index contributed by atoms with van der Waals surface area (Å²) in [5, 5.41) is 10.7. The number of furan rings is 1. The largest absolute Gasteiger partial charge is 0.493 e. The number of hydrogen-bond acceptors (Lipinski definition) is 6. The molecule has 0 spiro atoms. The van der Waals surface area contributed by atoms with Crippen LogP contribution in [-0.4, -0.2) is 36.0 Å². The number of hydrogen-bond donors (Lipinski definition) is 2. The highest BCUT2D eigenvalue weighted by atomic mass is 16.5. The number of aromatic amines is 1. The zero-order valence-corrected chi connectivity index (χ0v) is 14.4. The van der Waals surface area contributed by atoms with Crippen LogP contribution in [0.4, 0.5) is 0 Å². The van der Waals surface area contributed by atoms with E-state index in [0.29, 0.717) is 29.6 Å². The predicted octanol–water partition coefficient (Wildman–Crippen LogP) is 2.84. The van der Waals surface area contributed by atoms with E-state index in [1.54, 1.807) is 37.4 Å². The number of H-pyrrole nitrogens is 1. The van der Waals surface area contributed by atoms with Crippen LogP contribution in [0.5, 0.6) is 11.5 Å². The number of ether oxygens (including phenoxy) is 2. The Balaban J connectivity index is 1.71. The first-order valence-corrected chi connectivity index (χ1v) is 7.94. The van der Waals surface area contributed by atoms with Gasteiger partial charge in [-0.05, 0) is 43.3 Å². The van der Waals surface area contributed by atoms with E-state index >= 15 is 0 Å². The quantitative estimate of drug-likeness (QED) is 0.502. The van der Waals surface area contributed by atoms with E-state index in [-0.39, 0.29) is 5.69 Å². The summed E-state index contributed by atoms with van der Waals surface area (Å²) in [6, 6.07) is 10.5. The fraction of sp³-hybridized carbons (Fsp3) is 0.167. The van der Waals surface area contributed by atoms with Crippen molar-refractivity contribution in [3.05, 3.63) is 54.1 Å². The number of amides is 1. The van der Waals surface area contributed by atoms with E-state index in [1.807, 2.05) is 13.0 Å². The first kappa shape index (κ1) is 17.3. The molecule has 2 N–H and O–H groups in total. The van der Waals surface area contributed by atoms with Crippen molar-refractivity contribution in [2.24, 2.45) is 5.10 Å². The Bertz CT molecular complexity index is 900. The van der Waals surface area contributed by atoms with Crippen LogP contribution >= 0.6 is 0 Å². The minimum absolute atomic E-state index is 0.282. The Morgan fingerprint density at radius 3 is 2.96 bits per heavy atom. The van der Waals surface area contributed by atoms with Crippen LogP contribution in [0.2, 0.25) is 0 Å². The van der Waals surface area contributed by atoms with E-state index in [2.05, 4.69) is 20.7 Å². The van der Waals surface area contributed by atoms with Crippen LogP contribution in [0.3, 0.4) is 0 Å². The van der Waals surface area contributed by atoms with Crippen molar-refractivity contribution in [1.82, 2.24) is 15.6 Å². The molecule has 8 heteroatoms. The average Bonchev–Trinajstić information content (AvgIpc) is 3.34. The molecular weight excluding hydrogens is 336 g/mol. The maximum Gasteiger partial charge on any atom is 0.289 e. The predicted molar refractivity (Wildman–Crippen MR) is 95.5 cm³/mol. The lowest BCUT2D eigenvalue weighted by Gasteiger charge is -2.09. The van der Waals surface area contributed by atoms with Crippen molar-refractivity contribution in [3.8, 4) is 22.8 Å². The molecule has 0 atom stereocenters. The van der Waals surface area contributed by atoms with E-state index < -0.39 is 5.91 Å². The minimum Gasteiger partial charge on any atom is -0.493 e. The third kappa shape index (κ3) is 3.92. The van der Waals surface area contributed by atoms with Crippen LogP contribution in [-0.2, 0) is 0 Å². The second-order valence-electron chi connectivity index (χ2n) is 5.18. The van der Waals surface area contributed by atoms with Gasteiger partial charge in [-0.3, -0.25) is 9.89 Å². The van der Waals surface area contributed by atoms with Crippen LogP contribution in [0.25, 0.3) is 11.3 Å². The second-order valence-corrected chi connectivity index (χ2v) is 5.18. The first-order valence-electron chi connectivity index (χ1n) is 7.94. The molecule has 3 aromatic rings. The first-order chi connectivity index (χ1) is 12.7. The number of nitrogens with one attached hydrogen (secondary N) is 2. The van der Waals surface area contributed by atoms with Crippen LogP contribution in [0.15, 0.2) is 52.2 Å². The molecule has 8 nitrogen and oxygen atoms in total. The third-order valence-electron chi connectivity index (χ3n) is 3.48. The summed E-state index contributed by atoms with van der Waals surface area (Å²) in [5.74, 6) is 1.38. The Hall–Kier alpha value is -3.55. The van der Waals surface area contributed by atoms with E-state index in [0.717, 1.165) is 5.56 Å². The molecule has 0 radical (unpaired) electrons. The lowest BCUT2D eigenvalue weighted by Crippen LogP contribution is -2.17. The maximum atomic E-state index is 12.1. The summed E-state index contributed by atoms with van der Waals surface area (Å²) in [6.07, 6.45) is 2.93. The number of benzene rings is 1. The van der Waals surface area contributed by atoms with Gasteiger partial charge in [-0.2, -0.15) is 10.2 Å². The summed E-state index contributed by atoms with van der Waals surface area (Å²) < 4.78 is 15.9.